The van der Waals surface area contributed by atoms with Crippen LogP contribution >= 0.6 is 0 Å². The van der Waals surface area contributed by atoms with E-state index < -0.39 is 0 Å². The van der Waals surface area contributed by atoms with Gasteiger partial charge in [-0.2, -0.15) is 0 Å². The van der Waals surface area contributed by atoms with Crippen LogP contribution in [-0.4, -0.2) is 48.6 Å². The molecule has 2 N–H and O–H groups in total. The summed E-state index contributed by atoms with van der Waals surface area (Å²) in [7, 11) is 5.47. The third-order valence-electron chi connectivity index (χ3n) is 2.96. The van der Waals surface area contributed by atoms with Gasteiger partial charge >= 0.3 is 0 Å². The van der Waals surface area contributed by atoms with Crippen LogP contribution in [0.25, 0.3) is 10.9 Å². The van der Waals surface area contributed by atoms with Crippen molar-refractivity contribution in [2.24, 2.45) is 0 Å². The molecule has 0 bridgehead atoms. The number of hydrogen-bond acceptors (Lipinski definition) is 6. The summed E-state index contributed by atoms with van der Waals surface area (Å²) in [4.78, 5) is 22.7. The predicted molar refractivity (Wildman–Crippen MR) is 85.2 cm³/mol. The number of nitrogens with one attached hydrogen (secondary N) is 2. The summed E-state index contributed by atoms with van der Waals surface area (Å²) >= 11 is 0. The van der Waals surface area contributed by atoms with Gasteiger partial charge in [0.15, 0.2) is 5.82 Å². The maximum absolute atomic E-state index is 11.7. The van der Waals surface area contributed by atoms with E-state index in [4.69, 9.17) is 4.74 Å². The average Bonchev–Trinajstić information content (AvgIpc) is 2.49. The molecule has 0 unspecified atom stereocenters. The largest absolute Gasteiger partial charge is 0.384 e. The fourth-order valence-electron chi connectivity index (χ4n) is 1.96. The first-order chi connectivity index (χ1) is 10.6. The van der Waals surface area contributed by atoms with Gasteiger partial charge in [0, 0.05) is 12.5 Å². The number of nitrogens with zero attached hydrogens (tertiary/aromatic N) is 3. The third kappa shape index (κ3) is 4.37. The number of aromatic nitrogens is 2. The van der Waals surface area contributed by atoms with Gasteiger partial charge in [-0.15, -0.1) is 0 Å². The number of methoxy groups -OCH3 is 1. The summed E-state index contributed by atoms with van der Waals surface area (Å²) in [5.41, 5.74) is 6.35. The number of anilines is 1. The molecule has 0 atom stereocenters. The van der Waals surface area contributed by atoms with Crippen molar-refractivity contribution in [1.82, 2.24) is 20.3 Å². The highest BCUT2D eigenvalue weighted by Crippen LogP contribution is 2.19. The molecule has 2 aromatic rings. The fourth-order valence-corrected chi connectivity index (χ4v) is 1.96. The summed E-state index contributed by atoms with van der Waals surface area (Å²) in [6.45, 7) is 1.00. The molecule has 0 saturated carbocycles. The van der Waals surface area contributed by atoms with E-state index in [1.807, 2.05) is 43.3 Å². The quantitative estimate of drug-likeness (QED) is 0.748. The number of carbonyl (C=O) groups excluding carboxylic acids is 1. The summed E-state index contributed by atoms with van der Waals surface area (Å²) in [5, 5.41) is 0.858. The third-order valence-corrected chi connectivity index (χ3v) is 2.96. The number of carbonyl (C=O) groups is 1. The van der Waals surface area contributed by atoms with Crippen LogP contribution in [0.5, 0.6) is 0 Å². The molecule has 0 aliphatic heterocycles. The Morgan fingerprint density at radius 1 is 1.27 bits per heavy atom. The molecule has 0 aliphatic carbocycles. The lowest BCUT2D eigenvalue weighted by Gasteiger charge is -2.13. The lowest BCUT2D eigenvalue weighted by atomic mass is 10.2. The molecule has 1 aromatic heterocycles. The van der Waals surface area contributed by atoms with Gasteiger partial charge in [0.05, 0.1) is 25.1 Å². The Bertz CT molecular complexity index is 645. The standard InChI is InChI=1S/C15H21N5O2/c1-20(2)10-13-16-12-7-5-4-6-11(12)15(17-13)19-18-14(21)8-9-22-3/h4-7H,8-10H2,1-3H3,(H,18,21)(H,16,17,19). The lowest BCUT2D eigenvalue weighted by Crippen LogP contribution is -2.31. The van der Waals surface area contributed by atoms with Gasteiger partial charge in [-0.25, -0.2) is 9.97 Å². The van der Waals surface area contributed by atoms with Crippen LogP contribution in [0.4, 0.5) is 5.82 Å². The van der Waals surface area contributed by atoms with E-state index in [1.54, 1.807) is 7.11 Å². The monoisotopic (exact) mass is 303 g/mol. The molecule has 0 radical (unpaired) electrons. The maximum Gasteiger partial charge on any atom is 0.240 e. The van der Waals surface area contributed by atoms with E-state index >= 15 is 0 Å². The number of fused-ring (bicyclic) bond motifs is 1. The molecule has 7 nitrogen and oxygen atoms in total. The second-order valence-electron chi connectivity index (χ2n) is 5.16. The van der Waals surface area contributed by atoms with Crippen molar-refractivity contribution in [3.05, 3.63) is 30.1 Å². The smallest absolute Gasteiger partial charge is 0.240 e. The van der Waals surface area contributed by atoms with Crippen molar-refractivity contribution in [3.8, 4) is 0 Å². The summed E-state index contributed by atoms with van der Waals surface area (Å²) in [5.74, 6) is 1.13. The molecule has 0 fully saturated rings. The first kappa shape index (κ1) is 16.1. The Hall–Kier alpha value is -2.25. The molecular weight excluding hydrogens is 282 g/mol. The predicted octanol–water partition coefficient (Wildman–Crippen LogP) is 1.17. The molecular formula is C15H21N5O2. The van der Waals surface area contributed by atoms with E-state index in [0.717, 1.165) is 10.9 Å². The fraction of sp³-hybridized carbons (Fsp3) is 0.400. The van der Waals surface area contributed by atoms with Crippen LogP contribution in [-0.2, 0) is 16.1 Å². The molecule has 1 amide bonds. The number of amides is 1. The number of para-hydroxylation sites is 1. The molecule has 22 heavy (non-hydrogen) atoms. The maximum atomic E-state index is 11.7. The van der Waals surface area contributed by atoms with Crippen molar-refractivity contribution in [1.29, 1.82) is 0 Å². The van der Waals surface area contributed by atoms with Gasteiger partial charge in [-0.05, 0) is 26.2 Å². The van der Waals surface area contributed by atoms with Crippen LogP contribution < -0.4 is 10.9 Å². The molecule has 2 rings (SSSR count). The van der Waals surface area contributed by atoms with E-state index in [2.05, 4.69) is 20.8 Å². The van der Waals surface area contributed by atoms with Crippen LogP contribution in [0, 0.1) is 0 Å². The minimum Gasteiger partial charge on any atom is -0.384 e. The zero-order chi connectivity index (χ0) is 15.9. The van der Waals surface area contributed by atoms with Gasteiger partial charge in [0.2, 0.25) is 5.91 Å². The normalized spacial score (nSPS) is 10.9. The topological polar surface area (TPSA) is 79.4 Å². The second kappa shape index (κ2) is 7.67. The van der Waals surface area contributed by atoms with E-state index in [1.165, 1.54) is 0 Å². The Kier molecular flexibility index (Phi) is 5.62. The highest BCUT2D eigenvalue weighted by Gasteiger charge is 2.09. The number of rotatable bonds is 7. The first-order valence-electron chi connectivity index (χ1n) is 7.04. The number of hydrazine groups is 1. The minimum atomic E-state index is -0.154. The lowest BCUT2D eigenvalue weighted by molar-refractivity contribution is -0.121. The van der Waals surface area contributed by atoms with Crippen LogP contribution in [0.2, 0.25) is 0 Å². The van der Waals surface area contributed by atoms with Gasteiger partial charge in [0.1, 0.15) is 5.82 Å². The van der Waals surface area contributed by atoms with E-state index in [9.17, 15) is 4.79 Å². The SMILES string of the molecule is COCCC(=O)NNc1nc(CN(C)C)nc2ccccc12. The van der Waals surface area contributed by atoms with Crippen molar-refractivity contribution < 1.29 is 9.53 Å². The molecule has 1 heterocycles. The molecule has 1 aromatic carbocycles. The highest BCUT2D eigenvalue weighted by molar-refractivity contribution is 5.90. The van der Waals surface area contributed by atoms with Gasteiger partial charge in [-0.1, -0.05) is 12.1 Å². The first-order valence-corrected chi connectivity index (χ1v) is 7.04. The van der Waals surface area contributed by atoms with E-state index in [-0.39, 0.29) is 12.3 Å². The summed E-state index contributed by atoms with van der Waals surface area (Å²) in [6, 6.07) is 7.68. The molecule has 7 heteroatoms. The Morgan fingerprint density at radius 2 is 2.05 bits per heavy atom. The molecule has 0 aliphatic rings. The zero-order valence-electron chi connectivity index (χ0n) is 13.1. The van der Waals surface area contributed by atoms with Gasteiger partial charge < -0.3 is 9.64 Å². The van der Waals surface area contributed by atoms with Crippen molar-refractivity contribution in [3.63, 3.8) is 0 Å². The van der Waals surface area contributed by atoms with Crippen molar-refractivity contribution >= 4 is 22.6 Å². The van der Waals surface area contributed by atoms with E-state index in [0.29, 0.717) is 24.8 Å². The van der Waals surface area contributed by atoms with Gasteiger partial charge in [0.25, 0.3) is 0 Å². The Morgan fingerprint density at radius 3 is 2.77 bits per heavy atom. The Labute approximate surface area is 129 Å². The summed E-state index contributed by atoms with van der Waals surface area (Å²) < 4.78 is 4.88. The average molecular weight is 303 g/mol. The van der Waals surface area contributed by atoms with Crippen molar-refractivity contribution in [2.75, 3.05) is 33.2 Å². The highest BCUT2D eigenvalue weighted by atomic mass is 16.5. The zero-order valence-corrected chi connectivity index (χ0v) is 13.1. The van der Waals surface area contributed by atoms with Gasteiger partial charge in [-0.3, -0.25) is 15.6 Å². The Balaban J connectivity index is 2.20. The molecule has 0 spiro atoms. The minimum absolute atomic E-state index is 0.154. The second-order valence-corrected chi connectivity index (χ2v) is 5.16. The van der Waals surface area contributed by atoms with Crippen LogP contribution in [0.1, 0.15) is 12.2 Å². The number of ether oxygens (including phenoxy) is 1. The molecule has 118 valence electrons. The van der Waals surface area contributed by atoms with Crippen LogP contribution in [0.15, 0.2) is 24.3 Å². The number of benzene rings is 1. The summed E-state index contributed by atoms with van der Waals surface area (Å²) in [6.07, 6.45) is 0.289. The van der Waals surface area contributed by atoms with Crippen LogP contribution in [0.3, 0.4) is 0 Å². The number of hydrogen-bond donors (Lipinski definition) is 2. The van der Waals surface area contributed by atoms with Crippen molar-refractivity contribution in [2.45, 2.75) is 13.0 Å². The molecule has 0 saturated heterocycles.